The van der Waals surface area contributed by atoms with Crippen molar-refractivity contribution in [1.82, 2.24) is 10.3 Å². The number of rotatable bonds is 3. The molecule has 4 nitrogen and oxygen atoms in total. The normalized spacial score (nSPS) is 12.2. The van der Waals surface area contributed by atoms with E-state index in [0.717, 1.165) is 15.8 Å². The second-order valence-electron chi connectivity index (χ2n) is 4.78. The van der Waals surface area contributed by atoms with Gasteiger partial charge in [-0.1, -0.05) is 24.3 Å². The van der Waals surface area contributed by atoms with Crippen molar-refractivity contribution in [2.24, 2.45) is 0 Å². The number of amides is 1. The van der Waals surface area contributed by atoms with Crippen molar-refractivity contribution >= 4 is 28.0 Å². The van der Waals surface area contributed by atoms with Crippen LogP contribution in [-0.4, -0.2) is 16.0 Å². The summed E-state index contributed by atoms with van der Waals surface area (Å²) in [4.78, 5) is 16.5. The van der Waals surface area contributed by atoms with Crippen molar-refractivity contribution in [3.63, 3.8) is 0 Å². The van der Waals surface area contributed by atoms with Gasteiger partial charge in [0.2, 0.25) is 0 Å². The van der Waals surface area contributed by atoms with Crippen molar-refractivity contribution in [1.29, 1.82) is 0 Å². The maximum Gasteiger partial charge on any atom is 0.255 e. The summed E-state index contributed by atoms with van der Waals surface area (Å²) in [6, 6.07) is 10.7. The largest absolute Gasteiger partial charge is 0.507 e. The maximum absolute atomic E-state index is 12.3. The summed E-state index contributed by atoms with van der Waals surface area (Å²) in [6.45, 7) is 1.87. The molecule has 1 atom stereocenters. The van der Waals surface area contributed by atoms with E-state index >= 15 is 0 Å². The average Bonchev–Trinajstić information content (AvgIpc) is 3.00. The van der Waals surface area contributed by atoms with Gasteiger partial charge < -0.3 is 10.4 Å². The lowest BCUT2D eigenvalue weighted by molar-refractivity contribution is 0.0937. The van der Waals surface area contributed by atoms with Crippen molar-refractivity contribution in [3.8, 4) is 5.75 Å². The molecule has 3 aromatic rings. The zero-order valence-corrected chi connectivity index (χ0v) is 12.2. The Morgan fingerprint density at radius 2 is 2.00 bits per heavy atom. The number of aromatic nitrogens is 1. The lowest BCUT2D eigenvalue weighted by atomic mass is 10.1. The minimum absolute atomic E-state index is 0.0162. The fourth-order valence-corrected chi connectivity index (χ4v) is 2.84. The van der Waals surface area contributed by atoms with E-state index in [9.17, 15) is 9.90 Å². The lowest BCUT2D eigenvalue weighted by Gasteiger charge is -2.12. The number of aromatic hydroxyl groups is 1. The monoisotopic (exact) mass is 298 g/mol. The summed E-state index contributed by atoms with van der Waals surface area (Å²) in [5.74, 6) is -0.321. The topological polar surface area (TPSA) is 62.2 Å². The number of hydrogen-bond acceptors (Lipinski definition) is 4. The molecule has 2 N–H and O–H groups in total. The molecule has 0 spiro atoms. The van der Waals surface area contributed by atoms with Crippen LogP contribution >= 0.6 is 11.3 Å². The molecule has 0 radical (unpaired) electrons. The van der Waals surface area contributed by atoms with Gasteiger partial charge in [0.1, 0.15) is 10.8 Å². The molecule has 0 aliphatic rings. The van der Waals surface area contributed by atoms with Gasteiger partial charge >= 0.3 is 0 Å². The Labute approximate surface area is 126 Å². The highest BCUT2D eigenvalue weighted by molar-refractivity contribution is 7.09. The number of fused-ring (bicyclic) bond motifs is 1. The molecule has 1 unspecified atom stereocenters. The minimum Gasteiger partial charge on any atom is -0.507 e. The van der Waals surface area contributed by atoms with Crippen molar-refractivity contribution in [3.05, 3.63) is 58.5 Å². The molecule has 1 aromatic heterocycles. The van der Waals surface area contributed by atoms with Gasteiger partial charge in [-0.25, -0.2) is 4.98 Å². The highest BCUT2D eigenvalue weighted by Gasteiger charge is 2.16. The van der Waals surface area contributed by atoms with E-state index in [1.165, 1.54) is 11.3 Å². The molecule has 0 saturated carbocycles. The van der Waals surface area contributed by atoms with Gasteiger partial charge in [0.05, 0.1) is 11.6 Å². The van der Waals surface area contributed by atoms with E-state index in [-0.39, 0.29) is 23.3 Å². The molecule has 0 saturated heterocycles. The number of carbonyl (C=O) groups is 1. The van der Waals surface area contributed by atoms with E-state index in [1.807, 2.05) is 36.6 Å². The molecular formula is C16H14N2O2S. The van der Waals surface area contributed by atoms with Gasteiger partial charge in [-0.3, -0.25) is 4.79 Å². The van der Waals surface area contributed by atoms with E-state index in [0.29, 0.717) is 0 Å². The standard InChI is InChI=1S/C16H14N2O2S/c1-10(16-17-6-7-21-16)18-15(20)13-8-11-4-2-3-5-12(11)9-14(13)19/h2-10,19H,1H3,(H,18,20). The number of phenols is 1. The van der Waals surface area contributed by atoms with Crippen LogP contribution in [0.2, 0.25) is 0 Å². The second kappa shape index (κ2) is 5.54. The molecule has 0 bridgehead atoms. The number of thiazole rings is 1. The molecule has 0 fully saturated rings. The van der Waals surface area contributed by atoms with Gasteiger partial charge in [-0.05, 0) is 29.8 Å². The Morgan fingerprint density at radius 1 is 1.29 bits per heavy atom. The molecule has 2 aromatic carbocycles. The zero-order valence-electron chi connectivity index (χ0n) is 11.4. The van der Waals surface area contributed by atoms with Gasteiger partial charge in [0.15, 0.2) is 0 Å². The molecular weight excluding hydrogens is 284 g/mol. The third-order valence-electron chi connectivity index (χ3n) is 3.28. The van der Waals surface area contributed by atoms with E-state index in [1.54, 1.807) is 18.3 Å². The number of benzene rings is 2. The maximum atomic E-state index is 12.3. The summed E-state index contributed by atoms with van der Waals surface area (Å²) in [6.07, 6.45) is 1.70. The van der Waals surface area contributed by atoms with Crippen molar-refractivity contribution in [2.45, 2.75) is 13.0 Å². The molecule has 21 heavy (non-hydrogen) atoms. The smallest absolute Gasteiger partial charge is 0.255 e. The van der Waals surface area contributed by atoms with Crippen LogP contribution in [0.15, 0.2) is 48.0 Å². The van der Waals surface area contributed by atoms with Crippen LogP contribution in [0.3, 0.4) is 0 Å². The third kappa shape index (κ3) is 2.73. The Balaban J connectivity index is 1.89. The molecule has 0 aliphatic heterocycles. The van der Waals surface area contributed by atoms with Gasteiger partial charge in [-0.2, -0.15) is 0 Å². The van der Waals surface area contributed by atoms with Gasteiger partial charge in [0.25, 0.3) is 5.91 Å². The Bertz CT molecular complexity index is 784. The number of carbonyl (C=O) groups excluding carboxylic acids is 1. The first kappa shape index (κ1) is 13.6. The summed E-state index contributed by atoms with van der Waals surface area (Å²) in [7, 11) is 0. The Morgan fingerprint density at radius 3 is 2.67 bits per heavy atom. The Hall–Kier alpha value is -2.40. The highest BCUT2D eigenvalue weighted by atomic mass is 32.1. The number of nitrogens with zero attached hydrogens (tertiary/aromatic N) is 1. The third-order valence-corrected chi connectivity index (χ3v) is 4.24. The fourth-order valence-electron chi connectivity index (χ4n) is 2.19. The number of phenolic OH excluding ortho intramolecular Hbond substituents is 1. The average molecular weight is 298 g/mol. The first-order valence-electron chi connectivity index (χ1n) is 6.57. The van der Waals surface area contributed by atoms with Gasteiger partial charge in [0, 0.05) is 11.6 Å². The number of nitrogens with one attached hydrogen (secondary N) is 1. The zero-order chi connectivity index (χ0) is 14.8. The number of hydrogen-bond donors (Lipinski definition) is 2. The summed E-state index contributed by atoms with van der Waals surface area (Å²) in [5, 5.41) is 17.4. The predicted molar refractivity (Wildman–Crippen MR) is 83.6 cm³/mol. The predicted octanol–water partition coefficient (Wildman–Crippen LogP) is 3.49. The van der Waals surface area contributed by atoms with Crippen LogP contribution in [0.1, 0.15) is 28.3 Å². The minimum atomic E-state index is -0.305. The highest BCUT2D eigenvalue weighted by Crippen LogP contribution is 2.25. The molecule has 106 valence electrons. The van der Waals surface area contributed by atoms with Crippen molar-refractivity contribution < 1.29 is 9.90 Å². The fraction of sp³-hybridized carbons (Fsp3) is 0.125. The second-order valence-corrected chi connectivity index (χ2v) is 5.71. The SMILES string of the molecule is CC(NC(=O)c1cc2ccccc2cc1O)c1nccs1. The first-order valence-corrected chi connectivity index (χ1v) is 7.45. The molecule has 0 aliphatic carbocycles. The lowest BCUT2D eigenvalue weighted by Crippen LogP contribution is -2.26. The summed E-state index contributed by atoms with van der Waals surface area (Å²) >= 11 is 1.49. The Kier molecular flexibility index (Phi) is 3.58. The van der Waals surface area contributed by atoms with E-state index in [2.05, 4.69) is 10.3 Å². The van der Waals surface area contributed by atoms with Crippen LogP contribution in [-0.2, 0) is 0 Å². The van der Waals surface area contributed by atoms with Crippen LogP contribution in [0.4, 0.5) is 0 Å². The van der Waals surface area contributed by atoms with E-state index < -0.39 is 0 Å². The molecule has 3 rings (SSSR count). The van der Waals surface area contributed by atoms with Crippen LogP contribution < -0.4 is 5.32 Å². The first-order chi connectivity index (χ1) is 10.1. The van der Waals surface area contributed by atoms with Gasteiger partial charge in [-0.15, -0.1) is 11.3 Å². The van der Waals surface area contributed by atoms with Crippen LogP contribution in [0.25, 0.3) is 10.8 Å². The summed E-state index contributed by atoms with van der Waals surface area (Å²) in [5.41, 5.74) is 0.275. The van der Waals surface area contributed by atoms with E-state index in [4.69, 9.17) is 0 Å². The molecule has 1 heterocycles. The summed E-state index contributed by atoms with van der Waals surface area (Å²) < 4.78 is 0. The van der Waals surface area contributed by atoms with Crippen LogP contribution in [0.5, 0.6) is 5.75 Å². The molecule has 1 amide bonds. The molecule has 5 heteroatoms. The van der Waals surface area contributed by atoms with Crippen molar-refractivity contribution in [2.75, 3.05) is 0 Å². The quantitative estimate of drug-likeness (QED) is 0.778. The van der Waals surface area contributed by atoms with Crippen LogP contribution in [0, 0.1) is 0 Å².